The number of nitrogens with zero attached hydrogens (tertiary/aromatic N) is 1. The fourth-order valence-electron chi connectivity index (χ4n) is 2.12. The number of aromatic nitrogens is 1. The number of carbonyl (C=O) groups excluding carboxylic acids is 1. The van der Waals surface area contributed by atoms with Crippen LogP contribution in [0.4, 0.5) is 8.78 Å². The van der Waals surface area contributed by atoms with Gasteiger partial charge in [-0.15, -0.1) is 6.42 Å². The van der Waals surface area contributed by atoms with Crippen LogP contribution in [0.15, 0.2) is 17.1 Å². The van der Waals surface area contributed by atoms with Crippen LogP contribution in [0.2, 0.25) is 0 Å². The van der Waals surface area contributed by atoms with E-state index in [-0.39, 0.29) is 28.6 Å². The fourth-order valence-corrected chi connectivity index (χ4v) is 2.12. The Kier molecular flexibility index (Phi) is 3.76. The predicted octanol–water partition coefficient (Wildman–Crippen LogP) is 1.97. The Morgan fingerprint density at radius 2 is 2.10 bits per heavy atom. The minimum atomic E-state index is -1.03. The van der Waals surface area contributed by atoms with Gasteiger partial charge in [-0.25, -0.2) is 13.6 Å². The van der Waals surface area contributed by atoms with Crippen LogP contribution >= 0.6 is 0 Å². The van der Waals surface area contributed by atoms with Crippen LogP contribution in [0.1, 0.15) is 22.8 Å². The quantitative estimate of drug-likeness (QED) is 0.628. The van der Waals surface area contributed by atoms with Crippen LogP contribution in [-0.4, -0.2) is 17.1 Å². The Morgan fingerprint density at radius 1 is 1.43 bits per heavy atom. The number of pyridine rings is 1. The molecule has 0 saturated heterocycles. The molecule has 21 heavy (non-hydrogen) atoms. The zero-order chi connectivity index (χ0) is 15.7. The lowest BCUT2D eigenvalue weighted by Gasteiger charge is -2.11. The molecule has 0 saturated carbocycles. The third-order valence-corrected chi connectivity index (χ3v) is 2.99. The number of esters is 1. The molecule has 0 bridgehead atoms. The van der Waals surface area contributed by atoms with Crippen molar-refractivity contribution in [3.05, 3.63) is 45.2 Å². The van der Waals surface area contributed by atoms with Crippen molar-refractivity contribution < 1.29 is 18.3 Å². The van der Waals surface area contributed by atoms with Crippen LogP contribution in [0.25, 0.3) is 10.9 Å². The maximum atomic E-state index is 13.9. The van der Waals surface area contributed by atoms with Crippen molar-refractivity contribution in [1.82, 2.24) is 4.57 Å². The topological polar surface area (TPSA) is 48.3 Å². The van der Waals surface area contributed by atoms with Gasteiger partial charge in [0.2, 0.25) is 5.43 Å². The van der Waals surface area contributed by atoms with Crippen molar-refractivity contribution in [2.75, 3.05) is 6.61 Å². The van der Waals surface area contributed by atoms with E-state index in [0.29, 0.717) is 6.07 Å². The number of rotatable bonds is 2. The molecule has 1 aromatic carbocycles. The van der Waals surface area contributed by atoms with Crippen LogP contribution < -0.4 is 5.43 Å². The molecule has 0 spiro atoms. The predicted molar refractivity (Wildman–Crippen MR) is 73.0 cm³/mol. The van der Waals surface area contributed by atoms with E-state index in [4.69, 9.17) is 11.2 Å². The highest BCUT2D eigenvalue weighted by molar-refractivity contribution is 5.95. The molecule has 4 nitrogen and oxygen atoms in total. The standard InChI is InChI=1S/C15H11F2NO3/c1-4-8-10(16)6-11(17)13-12(8)14(19)9(7-18(13)3)15(20)21-5-2/h1,6-7H,5H2,2-3H3. The van der Waals surface area contributed by atoms with Gasteiger partial charge in [0.15, 0.2) is 5.82 Å². The molecule has 6 heteroatoms. The smallest absolute Gasteiger partial charge is 0.343 e. The Balaban J connectivity index is 2.99. The van der Waals surface area contributed by atoms with Gasteiger partial charge in [-0.2, -0.15) is 0 Å². The van der Waals surface area contributed by atoms with E-state index in [0.717, 1.165) is 6.20 Å². The first-order valence-electron chi connectivity index (χ1n) is 6.07. The molecule has 0 aliphatic rings. The van der Waals surface area contributed by atoms with E-state index in [9.17, 15) is 18.4 Å². The van der Waals surface area contributed by atoms with E-state index < -0.39 is 23.0 Å². The Labute approximate surface area is 118 Å². The molecule has 0 aliphatic heterocycles. The Hall–Kier alpha value is -2.68. The first-order chi connectivity index (χ1) is 9.92. The highest BCUT2D eigenvalue weighted by Gasteiger charge is 2.21. The molecule has 108 valence electrons. The summed E-state index contributed by atoms with van der Waals surface area (Å²) in [7, 11) is 1.42. The largest absolute Gasteiger partial charge is 0.462 e. The molecule has 0 aliphatic carbocycles. The SMILES string of the molecule is C#Cc1c(F)cc(F)c2c1c(=O)c(C(=O)OCC)cn2C. The number of hydrogen-bond acceptors (Lipinski definition) is 3. The molecule has 2 rings (SSSR count). The number of halogens is 2. The number of aryl methyl sites for hydroxylation is 1. The molecule has 0 atom stereocenters. The summed E-state index contributed by atoms with van der Waals surface area (Å²) in [5.74, 6) is -0.804. The fraction of sp³-hybridized carbons (Fsp3) is 0.200. The molecule has 0 fully saturated rings. The van der Waals surface area contributed by atoms with E-state index in [1.165, 1.54) is 11.6 Å². The van der Waals surface area contributed by atoms with Gasteiger partial charge in [0.1, 0.15) is 11.4 Å². The molecule has 2 aromatic rings. The number of fused-ring (bicyclic) bond motifs is 1. The molecular formula is C15H11F2NO3. The van der Waals surface area contributed by atoms with E-state index in [1.807, 2.05) is 5.92 Å². The summed E-state index contributed by atoms with van der Waals surface area (Å²) in [6, 6.07) is 0.612. The summed E-state index contributed by atoms with van der Waals surface area (Å²) in [6.07, 6.45) is 6.34. The van der Waals surface area contributed by atoms with Crippen molar-refractivity contribution in [1.29, 1.82) is 0 Å². The van der Waals surface area contributed by atoms with Crippen LogP contribution in [0.3, 0.4) is 0 Å². The lowest BCUT2D eigenvalue weighted by molar-refractivity contribution is 0.0524. The average Bonchev–Trinajstić information content (AvgIpc) is 2.42. The number of benzene rings is 1. The third kappa shape index (κ3) is 2.27. The lowest BCUT2D eigenvalue weighted by Crippen LogP contribution is -2.21. The normalized spacial score (nSPS) is 10.4. The number of carbonyl (C=O) groups is 1. The van der Waals surface area contributed by atoms with Crippen molar-refractivity contribution in [2.45, 2.75) is 6.92 Å². The van der Waals surface area contributed by atoms with Crippen molar-refractivity contribution >= 4 is 16.9 Å². The minimum Gasteiger partial charge on any atom is -0.462 e. The summed E-state index contributed by atoms with van der Waals surface area (Å²) in [4.78, 5) is 24.1. The van der Waals surface area contributed by atoms with Gasteiger partial charge in [0, 0.05) is 19.3 Å². The van der Waals surface area contributed by atoms with E-state index in [2.05, 4.69) is 0 Å². The van der Waals surface area contributed by atoms with Crippen LogP contribution in [0.5, 0.6) is 0 Å². The van der Waals surface area contributed by atoms with Crippen molar-refractivity contribution in [2.24, 2.45) is 7.05 Å². The Morgan fingerprint density at radius 3 is 2.67 bits per heavy atom. The zero-order valence-electron chi connectivity index (χ0n) is 11.4. The van der Waals surface area contributed by atoms with E-state index >= 15 is 0 Å². The van der Waals surface area contributed by atoms with Gasteiger partial charge < -0.3 is 9.30 Å². The molecule has 1 heterocycles. The van der Waals surface area contributed by atoms with Gasteiger partial charge in [0.05, 0.1) is 23.1 Å². The van der Waals surface area contributed by atoms with Crippen LogP contribution in [-0.2, 0) is 11.8 Å². The molecule has 0 radical (unpaired) electrons. The minimum absolute atomic E-state index is 0.0690. The maximum Gasteiger partial charge on any atom is 0.343 e. The van der Waals surface area contributed by atoms with Gasteiger partial charge in [-0.05, 0) is 6.92 Å². The molecule has 0 amide bonds. The number of hydrogen-bond donors (Lipinski definition) is 0. The maximum absolute atomic E-state index is 13.9. The van der Waals surface area contributed by atoms with Gasteiger partial charge >= 0.3 is 5.97 Å². The summed E-state index contributed by atoms with van der Waals surface area (Å²) >= 11 is 0. The number of terminal acetylenes is 1. The van der Waals surface area contributed by atoms with Crippen molar-refractivity contribution in [3.63, 3.8) is 0 Å². The summed E-state index contributed by atoms with van der Waals surface area (Å²) < 4.78 is 33.6. The zero-order valence-corrected chi connectivity index (χ0v) is 11.4. The summed E-state index contributed by atoms with van der Waals surface area (Å²) in [6.45, 7) is 1.65. The first-order valence-corrected chi connectivity index (χ1v) is 6.07. The Bertz CT molecular complexity index is 847. The highest BCUT2D eigenvalue weighted by Crippen LogP contribution is 2.22. The molecule has 1 aromatic heterocycles. The number of ether oxygens (including phenoxy) is 1. The first kappa shape index (κ1) is 14.7. The molecular weight excluding hydrogens is 280 g/mol. The second-order valence-corrected chi connectivity index (χ2v) is 4.29. The molecule has 0 unspecified atom stereocenters. The molecule has 0 N–H and O–H groups in total. The lowest BCUT2D eigenvalue weighted by atomic mass is 10.0. The third-order valence-electron chi connectivity index (χ3n) is 2.99. The van der Waals surface area contributed by atoms with Crippen LogP contribution in [0, 0.1) is 24.0 Å². The van der Waals surface area contributed by atoms with Gasteiger partial charge in [-0.3, -0.25) is 4.79 Å². The summed E-state index contributed by atoms with van der Waals surface area (Å²) in [5.41, 5.74) is -1.72. The van der Waals surface area contributed by atoms with Gasteiger partial charge in [0.25, 0.3) is 0 Å². The average molecular weight is 291 g/mol. The second-order valence-electron chi connectivity index (χ2n) is 4.29. The summed E-state index contributed by atoms with van der Waals surface area (Å²) in [5, 5.41) is -0.344. The van der Waals surface area contributed by atoms with E-state index in [1.54, 1.807) is 6.92 Å². The monoisotopic (exact) mass is 291 g/mol. The van der Waals surface area contributed by atoms with Crippen molar-refractivity contribution in [3.8, 4) is 12.3 Å². The highest BCUT2D eigenvalue weighted by atomic mass is 19.1. The van der Waals surface area contributed by atoms with Gasteiger partial charge in [-0.1, -0.05) is 5.92 Å². The second kappa shape index (κ2) is 5.37.